The molecule has 26 heavy (non-hydrogen) atoms. The second kappa shape index (κ2) is 7.01. The number of fused-ring (bicyclic) bond motifs is 1. The van der Waals surface area contributed by atoms with Crippen molar-refractivity contribution >= 4 is 33.6 Å². The monoisotopic (exact) mass is 372 g/mol. The van der Waals surface area contributed by atoms with Gasteiger partial charge < -0.3 is 10.1 Å². The first-order chi connectivity index (χ1) is 12.3. The Morgan fingerprint density at radius 2 is 1.73 bits per heavy atom. The van der Waals surface area contributed by atoms with Crippen molar-refractivity contribution in [1.29, 1.82) is 0 Å². The molecule has 0 unspecified atom stereocenters. The lowest BCUT2D eigenvalue weighted by molar-refractivity contribution is -0.116. The number of ether oxygens (including phenoxy) is 1. The third-order valence-corrected chi connectivity index (χ3v) is 4.98. The quantitative estimate of drug-likeness (QED) is 0.854. The van der Waals surface area contributed by atoms with Gasteiger partial charge in [-0.25, -0.2) is 13.1 Å². The van der Waals surface area contributed by atoms with E-state index in [-0.39, 0.29) is 23.0 Å². The fourth-order valence-electron chi connectivity index (χ4n) is 2.41. The maximum absolute atomic E-state index is 12.4. The molecule has 2 amide bonds. The summed E-state index contributed by atoms with van der Waals surface area (Å²) in [6.07, 6.45) is 1.60. The van der Waals surface area contributed by atoms with Crippen molar-refractivity contribution in [2.45, 2.75) is 11.8 Å². The van der Waals surface area contributed by atoms with Gasteiger partial charge in [0.05, 0.1) is 10.5 Å². The van der Waals surface area contributed by atoms with E-state index in [1.807, 2.05) is 10.8 Å². The lowest BCUT2D eigenvalue weighted by atomic mass is 10.1. The fraction of sp³-hybridized carbons (Fsp3) is 0.111. The predicted molar refractivity (Wildman–Crippen MR) is 96.0 cm³/mol. The van der Waals surface area contributed by atoms with E-state index in [1.165, 1.54) is 31.2 Å². The first kappa shape index (κ1) is 17.7. The number of sulfonamides is 1. The minimum atomic E-state index is -4.04. The van der Waals surface area contributed by atoms with Crippen LogP contribution in [0.4, 0.5) is 5.69 Å². The van der Waals surface area contributed by atoms with Crippen molar-refractivity contribution in [3.8, 4) is 5.75 Å². The minimum absolute atomic E-state index is 0.0141. The van der Waals surface area contributed by atoms with Gasteiger partial charge in [0, 0.05) is 18.2 Å². The summed E-state index contributed by atoms with van der Waals surface area (Å²) >= 11 is 0. The van der Waals surface area contributed by atoms with Crippen LogP contribution in [0.1, 0.15) is 12.5 Å². The molecule has 1 heterocycles. The van der Waals surface area contributed by atoms with Crippen molar-refractivity contribution in [3.63, 3.8) is 0 Å². The summed E-state index contributed by atoms with van der Waals surface area (Å²) in [7, 11) is -4.04. The molecule has 8 heteroatoms. The molecular formula is C18H16N2O5S. The van der Waals surface area contributed by atoms with Crippen LogP contribution >= 0.6 is 0 Å². The smallest absolute Gasteiger partial charge is 0.264 e. The molecule has 0 bridgehead atoms. The van der Waals surface area contributed by atoms with E-state index < -0.39 is 15.9 Å². The molecule has 3 rings (SSSR count). The molecule has 0 spiro atoms. The third-order valence-electron chi connectivity index (χ3n) is 3.64. The van der Waals surface area contributed by atoms with E-state index in [9.17, 15) is 18.0 Å². The van der Waals surface area contributed by atoms with Crippen molar-refractivity contribution in [1.82, 2.24) is 4.72 Å². The topological polar surface area (TPSA) is 102 Å². The van der Waals surface area contributed by atoms with E-state index in [1.54, 1.807) is 24.3 Å². The zero-order valence-corrected chi connectivity index (χ0v) is 14.7. The van der Waals surface area contributed by atoms with Gasteiger partial charge in [-0.3, -0.25) is 9.59 Å². The van der Waals surface area contributed by atoms with Crippen LogP contribution in [0.15, 0.2) is 59.0 Å². The van der Waals surface area contributed by atoms with Crippen LogP contribution in [-0.2, 0) is 19.6 Å². The molecule has 2 N–H and O–H groups in total. The molecule has 0 radical (unpaired) electrons. The number of amides is 2. The zero-order valence-electron chi connectivity index (χ0n) is 13.9. The molecular weight excluding hydrogens is 356 g/mol. The maximum atomic E-state index is 12.4. The van der Waals surface area contributed by atoms with Crippen LogP contribution in [0.25, 0.3) is 6.08 Å². The number of anilines is 1. The molecule has 0 saturated heterocycles. The van der Waals surface area contributed by atoms with Gasteiger partial charge in [-0.1, -0.05) is 18.2 Å². The Morgan fingerprint density at radius 1 is 1.04 bits per heavy atom. The number of hydrogen-bond acceptors (Lipinski definition) is 5. The summed E-state index contributed by atoms with van der Waals surface area (Å²) < 4.78 is 32.3. The van der Waals surface area contributed by atoms with E-state index >= 15 is 0 Å². The molecule has 1 aliphatic heterocycles. The second-order valence-corrected chi connectivity index (χ2v) is 7.32. The summed E-state index contributed by atoms with van der Waals surface area (Å²) in [4.78, 5) is 23.2. The van der Waals surface area contributed by atoms with E-state index in [0.29, 0.717) is 17.0 Å². The highest BCUT2D eigenvalue weighted by Gasteiger charge is 2.23. The molecule has 0 atom stereocenters. The molecule has 2 aromatic rings. The van der Waals surface area contributed by atoms with Crippen molar-refractivity contribution in [2.75, 3.05) is 11.9 Å². The Hall–Kier alpha value is -3.13. The highest BCUT2D eigenvalue weighted by Crippen LogP contribution is 2.26. The van der Waals surface area contributed by atoms with Crippen molar-refractivity contribution in [3.05, 3.63) is 59.7 Å². The highest BCUT2D eigenvalue weighted by atomic mass is 32.2. The van der Waals surface area contributed by atoms with Gasteiger partial charge in [0.1, 0.15) is 12.4 Å². The average Bonchev–Trinajstić information content (AvgIpc) is 2.61. The van der Waals surface area contributed by atoms with Gasteiger partial charge in [-0.05, 0) is 36.4 Å². The van der Waals surface area contributed by atoms with Gasteiger partial charge in [0.25, 0.3) is 15.9 Å². The zero-order chi connectivity index (χ0) is 18.7. The molecule has 134 valence electrons. The normalized spacial score (nSPS) is 13.0. The number of nitrogens with one attached hydrogen (secondary N) is 2. The molecule has 0 aromatic heterocycles. The predicted octanol–water partition coefficient (Wildman–Crippen LogP) is 1.93. The number of para-hydroxylation sites is 1. The van der Waals surface area contributed by atoms with E-state index in [4.69, 9.17) is 4.74 Å². The number of carbonyl (C=O) groups is 2. The lowest BCUT2D eigenvalue weighted by Crippen LogP contribution is -2.33. The first-order valence-corrected chi connectivity index (χ1v) is 9.21. The number of rotatable bonds is 4. The van der Waals surface area contributed by atoms with E-state index in [0.717, 1.165) is 0 Å². The summed E-state index contributed by atoms with van der Waals surface area (Å²) in [5.41, 5.74) is 1.38. The number of hydrogen-bond donors (Lipinski definition) is 2. The van der Waals surface area contributed by atoms with Gasteiger partial charge >= 0.3 is 0 Å². The largest absolute Gasteiger partial charge is 0.488 e. The Balaban J connectivity index is 1.76. The highest BCUT2D eigenvalue weighted by molar-refractivity contribution is 7.90. The lowest BCUT2D eigenvalue weighted by Gasteiger charge is -2.17. The van der Waals surface area contributed by atoms with Gasteiger partial charge in [-0.15, -0.1) is 0 Å². The summed E-state index contributed by atoms with van der Waals surface area (Å²) in [5.74, 6) is -0.371. The van der Waals surface area contributed by atoms with E-state index in [2.05, 4.69) is 5.32 Å². The summed E-state index contributed by atoms with van der Waals surface area (Å²) in [5, 5.41) is 2.54. The molecule has 0 saturated carbocycles. The Bertz CT molecular complexity index is 994. The third kappa shape index (κ3) is 3.92. The fourth-order valence-corrected chi connectivity index (χ4v) is 3.40. The maximum Gasteiger partial charge on any atom is 0.264 e. The number of carbonyl (C=O) groups excluding carboxylic acids is 2. The van der Waals surface area contributed by atoms with Gasteiger partial charge in [0.15, 0.2) is 0 Å². The molecule has 1 aliphatic rings. The van der Waals surface area contributed by atoms with Crippen LogP contribution < -0.4 is 14.8 Å². The average molecular weight is 372 g/mol. The Morgan fingerprint density at radius 3 is 2.42 bits per heavy atom. The summed E-state index contributed by atoms with van der Waals surface area (Å²) in [6.45, 7) is 1.34. The molecule has 2 aromatic carbocycles. The molecule has 0 aliphatic carbocycles. The van der Waals surface area contributed by atoms with Crippen LogP contribution in [0, 0.1) is 0 Å². The van der Waals surface area contributed by atoms with Crippen LogP contribution in [0.3, 0.4) is 0 Å². The van der Waals surface area contributed by atoms with Crippen molar-refractivity contribution < 1.29 is 22.7 Å². The summed E-state index contributed by atoms with van der Waals surface area (Å²) in [6, 6.07) is 12.7. The van der Waals surface area contributed by atoms with Crippen molar-refractivity contribution in [2.24, 2.45) is 0 Å². The molecule has 7 nitrogen and oxygen atoms in total. The first-order valence-electron chi connectivity index (χ1n) is 7.72. The Kier molecular flexibility index (Phi) is 4.77. The standard InChI is InChI=1S/C18H16N2O5S/c1-12(21)19-15-6-8-16(9-7-15)26(23,24)20-18(22)14-10-13-4-2-3-5-17(13)25-11-14/h2-10H,11H2,1H3,(H,19,21)(H,20,22). The Labute approximate surface area is 150 Å². The van der Waals surface area contributed by atoms with Crippen LogP contribution in [0.2, 0.25) is 0 Å². The minimum Gasteiger partial charge on any atom is -0.488 e. The van der Waals surface area contributed by atoms with Crippen LogP contribution in [0.5, 0.6) is 5.75 Å². The van der Waals surface area contributed by atoms with Gasteiger partial charge in [-0.2, -0.15) is 0 Å². The van der Waals surface area contributed by atoms with Gasteiger partial charge in [0.2, 0.25) is 5.91 Å². The molecule has 0 fully saturated rings. The SMILES string of the molecule is CC(=O)Nc1ccc(S(=O)(=O)NC(=O)C2=Cc3ccccc3OC2)cc1. The second-order valence-electron chi connectivity index (χ2n) is 5.64. The number of benzene rings is 2. The van der Waals surface area contributed by atoms with Crippen LogP contribution in [-0.4, -0.2) is 26.8 Å².